The van der Waals surface area contributed by atoms with Crippen LogP contribution >= 0.6 is 0 Å². The highest BCUT2D eigenvalue weighted by atomic mass is 16.5. The van der Waals surface area contributed by atoms with Crippen LogP contribution in [-0.4, -0.2) is 29.1 Å². The molecule has 0 radical (unpaired) electrons. The van der Waals surface area contributed by atoms with E-state index >= 15 is 0 Å². The minimum absolute atomic E-state index is 0.0620. The van der Waals surface area contributed by atoms with Crippen LogP contribution in [0.4, 0.5) is 0 Å². The fourth-order valence-electron chi connectivity index (χ4n) is 1.87. The SMILES string of the molecule is C/C=C\N(/C=C/CCC)CC(N)COc1cncc(C)c1. The fraction of sp³-hybridized carbons (Fsp3) is 0.471. The molecule has 0 aliphatic heterocycles. The lowest BCUT2D eigenvalue weighted by molar-refractivity contribution is 0.267. The molecular weight excluding hydrogens is 262 g/mol. The number of hydrogen-bond acceptors (Lipinski definition) is 4. The number of aromatic nitrogens is 1. The fourth-order valence-corrected chi connectivity index (χ4v) is 1.87. The van der Waals surface area contributed by atoms with Crippen molar-refractivity contribution < 1.29 is 4.74 Å². The number of ether oxygens (including phenoxy) is 1. The van der Waals surface area contributed by atoms with Gasteiger partial charge >= 0.3 is 0 Å². The van der Waals surface area contributed by atoms with E-state index in [2.05, 4.69) is 29.1 Å². The second kappa shape index (κ2) is 10.00. The first-order chi connectivity index (χ1) is 10.2. The molecule has 0 aliphatic carbocycles. The molecule has 1 aromatic heterocycles. The quantitative estimate of drug-likeness (QED) is 0.758. The summed E-state index contributed by atoms with van der Waals surface area (Å²) in [5.41, 5.74) is 7.22. The van der Waals surface area contributed by atoms with Gasteiger partial charge in [-0.3, -0.25) is 4.98 Å². The first-order valence-corrected chi connectivity index (χ1v) is 7.51. The predicted molar refractivity (Wildman–Crippen MR) is 88.0 cm³/mol. The maximum Gasteiger partial charge on any atom is 0.137 e. The van der Waals surface area contributed by atoms with Crippen molar-refractivity contribution in [2.75, 3.05) is 13.2 Å². The van der Waals surface area contributed by atoms with Gasteiger partial charge in [0.25, 0.3) is 0 Å². The molecule has 0 fully saturated rings. The summed E-state index contributed by atoms with van der Waals surface area (Å²) in [6.45, 7) is 7.36. The summed E-state index contributed by atoms with van der Waals surface area (Å²) in [6.07, 6.45) is 14.0. The Balaban J connectivity index is 2.44. The van der Waals surface area contributed by atoms with Crippen molar-refractivity contribution in [1.82, 2.24) is 9.88 Å². The average molecular weight is 289 g/mol. The first kappa shape index (κ1) is 17.2. The van der Waals surface area contributed by atoms with E-state index in [0.29, 0.717) is 6.61 Å². The Morgan fingerprint density at radius 2 is 2.19 bits per heavy atom. The molecule has 4 heteroatoms. The van der Waals surface area contributed by atoms with E-state index in [0.717, 1.165) is 30.7 Å². The Morgan fingerprint density at radius 3 is 2.86 bits per heavy atom. The number of nitrogens with zero attached hydrogens (tertiary/aromatic N) is 2. The van der Waals surface area contributed by atoms with Gasteiger partial charge in [0, 0.05) is 12.7 Å². The molecule has 0 saturated heterocycles. The molecule has 0 amide bonds. The molecule has 0 aromatic carbocycles. The van der Waals surface area contributed by atoms with Crippen molar-refractivity contribution in [1.29, 1.82) is 0 Å². The van der Waals surface area contributed by atoms with Crippen LogP contribution in [0.15, 0.2) is 43.0 Å². The van der Waals surface area contributed by atoms with Crippen LogP contribution in [0.3, 0.4) is 0 Å². The largest absolute Gasteiger partial charge is 0.490 e. The van der Waals surface area contributed by atoms with Crippen molar-refractivity contribution in [3.8, 4) is 5.75 Å². The molecule has 0 aliphatic rings. The number of allylic oxidation sites excluding steroid dienone is 2. The first-order valence-electron chi connectivity index (χ1n) is 7.51. The Labute approximate surface area is 128 Å². The number of pyridine rings is 1. The molecule has 1 unspecified atom stereocenters. The summed E-state index contributed by atoms with van der Waals surface area (Å²) in [6, 6.07) is 1.90. The van der Waals surface area contributed by atoms with Crippen LogP contribution in [0.2, 0.25) is 0 Å². The van der Waals surface area contributed by atoms with E-state index < -0.39 is 0 Å². The van der Waals surface area contributed by atoms with Gasteiger partial charge in [0.1, 0.15) is 12.4 Å². The third-order valence-electron chi connectivity index (χ3n) is 2.85. The van der Waals surface area contributed by atoms with Crippen LogP contribution in [0.1, 0.15) is 32.3 Å². The monoisotopic (exact) mass is 289 g/mol. The maximum absolute atomic E-state index is 6.14. The molecule has 1 heterocycles. The Hall–Kier alpha value is -1.81. The van der Waals surface area contributed by atoms with E-state index in [4.69, 9.17) is 10.5 Å². The lowest BCUT2D eigenvalue weighted by Crippen LogP contribution is -2.37. The van der Waals surface area contributed by atoms with E-state index in [9.17, 15) is 0 Å². The minimum Gasteiger partial charge on any atom is -0.490 e. The van der Waals surface area contributed by atoms with E-state index in [1.807, 2.05) is 32.2 Å². The molecule has 0 saturated carbocycles. The number of aryl methyl sites for hydroxylation is 1. The van der Waals surface area contributed by atoms with Gasteiger partial charge in [0.2, 0.25) is 0 Å². The van der Waals surface area contributed by atoms with Gasteiger partial charge in [-0.1, -0.05) is 25.5 Å². The normalized spacial score (nSPS) is 13.0. The summed E-state index contributed by atoms with van der Waals surface area (Å²) >= 11 is 0. The summed E-state index contributed by atoms with van der Waals surface area (Å²) in [4.78, 5) is 6.20. The molecule has 4 nitrogen and oxygen atoms in total. The Morgan fingerprint density at radius 1 is 1.38 bits per heavy atom. The predicted octanol–water partition coefficient (Wildman–Crippen LogP) is 3.25. The van der Waals surface area contributed by atoms with Crippen molar-refractivity contribution in [2.24, 2.45) is 5.73 Å². The van der Waals surface area contributed by atoms with Gasteiger partial charge < -0.3 is 15.4 Å². The average Bonchev–Trinajstić information content (AvgIpc) is 2.46. The molecule has 21 heavy (non-hydrogen) atoms. The third-order valence-corrected chi connectivity index (χ3v) is 2.85. The molecule has 1 atom stereocenters. The van der Waals surface area contributed by atoms with Gasteiger partial charge in [-0.15, -0.1) is 0 Å². The maximum atomic E-state index is 6.14. The third kappa shape index (κ3) is 7.51. The van der Waals surface area contributed by atoms with Crippen LogP contribution in [0.25, 0.3) is 0 Å². The molecule has 2 N–H and O–H groups in total. The van der Waals surface area contributed by atoms with Crippen LogP contribution in [0.5, 0.6) is 5.75 Å². The van der Waals surface area contributed by atoms with Crippen molar-refractivity contribution in [3.05, 3.63) is 48.6 Å². The summed E-state index contributed by atoms with van der Waals surface area (Å²) in [5.74, 6) is 0.768. The van der Waals surface area contributed by atoms with Crippen LogP contribution in [0, 0.1) is 6.92 Å². The Bertz CT molecular complexity index is 457. The van der Waals surface area contributed by atoms with Gasteiger partial charge in [-0.2, -0.15) is 0 Å². The standard InChI is InChI=1S/C17H27N3O/c1-4-6-7-9-20(8-5-2)13-16(18)14-21-17-10-15(3)11-19-12-17/h5,7-12,16H,4,6,13-14,18H2,1-3H3/b8-5-,9-7+. The van der Waals surface area contributed by atoms with Crippen molar-refractivity contribution in [3.63, 3.8) is 0 Å². The number of nitrogens with two attached hydrogens (primary N) is 1. The molecule has 0 bridgehead atoms. The van der Waals surface area contributed by atoms with Crippen LogP contribution < -0.4 is 10.5 Å². The molecule has 1 aromatic rings. The van der Waals surface area contributed by atoms with Crippen LogP contribution in [-0.2, 0) is 0 Å². The summed E-state index contributed by atoms with van der Waals surface area (Å²) < 4.78 is 5.69. The lowest BCUT2D eigenvalue weighted by Gasteiger charge is -2.21. The second-order valence-corrected chi connectivity index (χ2v) is 5.12. The number of hydrogen-bond donors (Lipinski definition) is 1. The topological polar surface area (TPSA) is 51.4 Å². The van der Waals surface area contributed by atoms with Crippen molar-refractivity contribution >= 4 is 0 Å². The zero-order valence-electron chi connectivity index (χ0n) is 13.3. The Kier molecular flexibility index (Phi) is 8.21. The number of unbranched alkanes of at least 4 members (excludes halogenated alkanes) is 1. The second-order valence-electron chi connectivity index (χ2n) is 5.12. The van der Waals surface area contributed by atoms with Gasteiger partial charge in [-0.25, -0.2) is 0 Å². The van der Waals surface area contributed by atoms with E-state index in [1.54, 1.807) is 12.4 Å². The zero-order valence-corrected chi connectivity index (χ0v) is 13.3. The van der Waals surface area contributed by atoms with Gasteiger partial charge in [0.15, 0.2) is 0 Å². The number of rotatable bonds is 9. The molecule has 0 spiro atoms. The zero-order chi connectivity index (χ0) is 15.5. The van der Waals surface area contributed by atoms with Gasteiger partial charge in [0.05, 0.1) is 12.2 Å². The highest BCUT2D eigenvalue weighted by Gasteiger charge is 2.07. The molecule has 116 valence electrons. The highest BCUT2D eigenvalue weighted by Crippen LogP contribution is 2.10. The summed E-state index contributed by atoms with van der Waals surface area (Å²) in [5, 5.41) is 0. The van der Waals surface area contributed by atoms with E-state index in [1.165, 1.54) is 0 Å². The van der Waals surface area contributed by atoms with Gasteiger partial charge in [-0.05, 0) is 44.3 Å². The molecular formula is C17H27N3O. The van der Waals surface area contributed by atoms with Crippen molar-refractivity contribution in [2.45, 2.75) is 39.7 Å². The smallest absolute Gasteiger partial charge is 0.137 e. The van der Waals surface area contributed by atoms with E-state index in [-0.39, 0.29) is 6.04 Å². The summed E-state index contributed by atoms with van der Waals surface area (Å²) in [7, 11) is 0. The minimum atomic E-state index is -0.0620. The highest BCUT2D eigenvalue weighted by molar-refractivity contribution is 5.22. The lowest BCUT2D eigenvalue weighted by atomic mass is 10.3. The molecule has 1 rings (SSSR count).